The van der Waals surface area contributed by atoms with Crippen LogP contribution in [0.3, 0.4) is 0 Å². The molecule has 0 radical (unpaired) electrons. The van der Waals surface area contributed by atoms with Crippen LogP contribution in [0.2, 0.25) is 0 Å². The third kappa shape index (κ3) is 1.43. The molecule has 1 N–H and O–H groups in total. The zero-order valence-electron chi connectivity index (χ0n) is 8.19. The van der Waals surface area contributed by atoms with Crippen molar-refractivity contribution in [3.8, 4) is 11.4 Å². The van der Waals surface area contributed by atoms with Crippen molar-refractivity contribution in [2.45, 2.75) is 6.92 Å². The first kappa shape index (κ1) is 8.61. The number of aromatic amines is 1. The van der Waals surface area contributed by atoms with Crippen LogP contribution in [-0.2, 0) is 0 Å². The highest BCUT2D eigenvalue weighted by Gasteiger charge is 2.04. The number of rotatable bonds is 1. The number of imidazole rings is 1. The van der Waals surface area contributed by atoms with E-state index >= 15 is 0 Å². The molecule has 0 spiro atoms. The minimum absolute atomic E-state index is 0.885. The Labute approximate surface area is 90.8 Å². The molecular weight excluding hydrogens is 206 g/mol. The first-order valence-electron chi connectivity index (χ1n) is 4.68. The first-order valence-corrected chi connectivity index (χ1v) is 5.56. The van der Waals surface area contributed by atoms with Crippen molar-refractivity contribution >= 4 is 21.6 Å². The Kier molecular flexibility index (Phi) is 1.82. The van der Waals surface area contributed by atoms with Gasteiger partial charge in [0.1, 0.15) is 5.82 Å². The molecule has 0 aliphatic rings. The lowest BCUT2D eigenvalue weighted by molar-refractivity contribution is 1.25. The first-order chi connectivity index (χ1) is 7.33. The van der Waals surface area contributed by atoms with Gasteiger partial charge in [0.05, 0.1) is 10.2 Å². The molecule has 74 valence electrons. The highest BCUT2D eigenvalue weighted by molar-refractivity contribution is 7.17. The molecule has 0 amide bonds. The van der Waals surface area contributed by atoms with Gasteiger partial charge in [-0.25, -0.2) is 4.98 Å². The molecule has 0 atom stereocenters. The molecule has 0 bridgehead atoms. The lowest BCUT2D eigenvalue weighted by Gasteiger charge is -1.96. The summed E-state index contributed by atoms with van der Waals surface area (Å²) in [5.74, 6) is 0.885. The molecule has 0 saturated heterocycles. The Hall–Kier alpha value is -1.68. The van der Waals surface area contributed by atoms with Crippen LogP contribution >= 0.6 is 11.3 Å². The molecule has 15 heavy (non-hydrogen) atoms. The summed E-state index contributed by atoms with van der Waals surface area (Å²) >= 11 is 1.70. The smallest absolute Gasteiger partial charge is 0.139 e. The van der Waals surface area contributed by atoms with Crippen LogP contribution in [0.4, 0.5) is 0 Å². The number of nitrogens with one attached hydrogen (secondary N) is 1. The second kappa shape index (κ2) is 3.17. The summed E-state index contributed by atoms with van der Waals surface area (Å²) < 4.78 is 1.20. The van der Waals surface area contributed by atoms with Crippen molar-refractivity contribution in [2.24, 2.45) is 0 Å². The van der Waals surface area contributed by atoms with E-state index in [1.807, 2.05) is 25.4 Å². The number of thiophene rings is 1. The van der Waals surface area contributed by atoms with Crippen molar-refractivity contribution in [3.63, 3.8) is 0 Å². The van der Waals surface area contributed by atoms with Crippen LogP contribution in [-0.4, -0.2) is 15.0 Å². The van der Waals surface area contributed by atoms with E-state index in [0.717, 1.165) is 22.6 Å². The van der Waals surface area contributed by atoms with E-state index in [2.05, 4.69) is 26.4 Å². The third-order valence-electron chi connectivity index (χ3n) is 2.28. The molecule has 3 rings (SSSR count). The lowest BCUT2D eigenvalue weighted by atomic mass is 10.2. The molecule has 0 aromatic carbocycles. The van der Waals surface area contributed by atoms with Gasteiger partial charge < -0.3 is 4.98 Å². The van der Waals surface area contributed by atoms with E-state index in [4.69, 9.17) is 0 Å². The maximum absolute atomic E-state index is 4.38. The number of aryl methyl sites for hydroxylation is 1. The Morgan fingerprint density at radius 2 is 2.20 bits per heavy atom. The predicted molar refractivity (Wildman–Crippen MR) is 61.9 cm³/mol. The fourth-order valence-corrected chi connectivity index (χ4v) is 2.32. The van der Waals surface area contributed by atoms with Gasteiger partial charge >= 0.3 is 0 Å². The summed E-state index contributed by atoms with van der Waals surface area (Å²) in [6.45, 7) is 1.99. The zero-order valence-corrected chi connectivity index (χ0v) is 9.01. The Morgan fingerprint density at radius 3 is 3.00 bits per heavy atom. The summed E-state index contributed by atoms with van der Waals surface area (Å²) in [5, 5.41) is 2.05. The Balaban J connectivity index is 2.18. The molecule has 0 aliphatic heterocycles. The highest BCUT2D eigenvalue weighted by Crippen LogP contribution is 2.23. The van der Waals surface area contributed by atoms with Crippen LogP contribution in [0.1, 0.15) is 5.69 Å². The number of hydrogen-bond donors (Lipinski definition) is 1. The monoisotopic (exact) mass is 215 g/mol. The fraction of sp³-hybridized carbons (Fsp3) is 0.0909. The summed E-state index contributed by atoms with van der Waals surface area (Å²) in [6.07, 6.45) is 3.68. The van der Waals surface area contributed by atoms with Gasteiger partial charge in [0.25, 0.3) is 0 Å². The molecule has 4 heteroatoms. The molecule has 3 aromatic rings. The zero-order chi connectivity index (χ0) is 10.3. The predicted octanol–water partition coefficient (Wildman–Crippen LogP) is 2.99. The molecule has 3 nitrogen and oxygen atoms in total. The van der Waals surface area contributed by atoms with Crippen molar-refractivity contribution in [3.05, 3.63) is 35.6 Å². The number of hydrogen-bond acceptors (Lipinski definition) is 3. The number of H-pyrrole nitrogens is 1. The summed E-state index contributed by atoms with van der Waals surface area (Å²) in [7, 11) is 0. The van der Waals surface area contributed by atoms with E-state index < -0.39 is 0 Å². The Bertz CT molecular complexity index is 609. The van der Waals surface area contributed by atoms with Gasteiger partial charge in [-0.05, 0) is 24.4 Å². The molecule has 0 unspecified atom stereocenters. The van der Waals surface area contributed by atoms with Gasteiger partial charge in [0, 0.05) is 23.7 Å². The van der Waals surface area contributed by atoms with Crippen molar-refractivity contribution < 1.29 is 0 Å². The van der Waals surface area contributed by atoms with Crippen LogP contribution in [0.15, 0.2) is 29.9 Å². The fourth-order valence-electron chi connectivity index (χ4n) is 1.54. The number of fused-ring (bicyclic) bond motifs is 1. The maximum Gasteiger partial charge on any atom is 0.139 e. The quantitative estimate of drug-likeness (QED) is 0.678. The topological polar surface area (TPSA) is 41.6 Å². The van der Waals surface area contributed by atoms with Crippen LogP contribution < -0.4 is 0 Å². The normalized spacial score (nSPS) is 11.0. The minimum Gasteiger partial charge on any atom is -0.342 e. The summed E-state index contributed by atoms with van der Waals surface area (Å²) in [6, 6.07) is 4.14. The molecular formula is C11H9N3S. The van der Waals surface area contributed by atoms with Crippen LogP contribution in [0.5, 0.6) is 0 Å². The third-order valence-corrected chi connectivity index (χ3v) is 3.13. The lowest BCUT2D eigenvalue weighted by Crippen LogP contribution is -1.82. The average molecular weight is 215 g/mol. The number of pyridine rings is 1. The largest absolute Gasteiger partial charge is 0.342 e. The van der Waals surface area contributed by atoms with Gasteiger partial charge in [-0.2, -0.15) is 0 Å². The van der Waals surface area contributed by atoms with E-state index in [0.29, 0.717) is 0 Å². The minimum atomic E-state index is 0.885. The van der Waals surface area contributed by atoms with Crippen molar-refractivity contribution in [1.82, 2.24) is 15.0 Å². The summed E-state index contributed by atoms with van der Waals surface area (Å²) in [4.78, 5) is 11.9. The average Bonchev–Trinajstić information content (AvgIpc) is 2.84. The van der Waals surface area contributed by atoms with Gasteiger partial charge in [-0.1, -0.05) is 0 Å². The van der Waals surface area contributed by atoms with E-state index in [-0.39, 0.29) is 0 Å². The summed E-state index contributed by atoms with van der Waals surface area (Å²) in [5.41, 5.74) is 3.15. The molecule has 3 aromatic heterocycles. The number of aromatic nitrogens is 3. The molecule has 0 saturated carbocycles. The SMILES string of the molecule is Cc1cnc(-c2cnc3ccsc3c2)[nH]1. The van der Waals surface area contributed by atoms with Gasteiger partial charge in [-0.15, -0.1) is 11.3 Å². The highest BCUT2D eigenvalue weighted by atomic mass is 32.1. The van der Waals surface area contributed by atoms with E-state index in [9.17, 15) is 0 Å². The Morgan fingerprint density at radius 1 is 1.27 bits per heavy atom. The van der Waals surface area contributed by atoms with Gasteiger partial charge in [-0.3, -0.25) is 4.98 Å². The van der Waals surface area contributed by atoms with Crippen LogP contribution in [0.25, 0.3) is 21.6 Å². The van der Waals surface area contributed by atoms with Gasteiger partial charge in [0.15, 0.2) is 0 Å². The second-order valence-corrected chi connectivity index (χ2v) is 4.39. The van der Waals surface area contributed by atoms with E-state index in [1.54, 1.807) is 11.3 Å². The van der Waals surface area contributed by atoms with Crippen LogP contribution in [0, 0.1) is 6.92 Å². The molecule has 3 heterocycles. The standard InChI is InChI=1S/C11H9N3S/c1-7-5-13-11(14-7)8-4-10-9(12-6-8)2-3-15-10/h2-6H,1H3,(H,13,14). The second-order valence-electron chi connectivity index (χ2n) is 3.44. The number of nitrogens with zero attached hydrogens (tertiary/aromatic N) is 2. The van der Waals surface area contributed by atoms with E-state index in [1.165, 1.54) is 4.70 Å². The molecule has 0 fully saturated rings. The van der Waals surface area contributed by atoms with Crippen molar-refractivity contribution in [2.75, 3.05) is 0 Å². The molecule has 0 aliphatic carbocycles. The maximum atomic E-state index is 4.38. The van der Waals surface area contributed by atoms with Crippen molar-refractivity contribution in [1.29, 1.82) is 0 Å². The van der Waals surface area contributed by atoms with Gasteiger partial charge in [0.2, 0.25) is 0 Å².